The van der Waals surface area contributed by atoms with Gasteiger partial charge in [0.1, 0.15) is 19.3 Å². The fourth-order valence-corrected chi connectivity index (χ4v) is 6.41. The molecule has 0 unspecified atom stereocenters. The van der Waals surface area contributed by atoms with E-state index in [0.717, 1.165) is 38.7 Å². The van der Waals surface area contributed by atoms with Crippen molar-refractivity contribution in [2.45, 2.75) is 25.0 Å². The number of Topliss-reactive ketones (excluding diaryl/α,β-unsaturated/α-hetero) is 1. The summed E-state index contributed by atoms with van der Waals surface area (Å²) in [7, 11) is 0. The first-order valence-corrected chi connectivity index (χ1v) is 16.6. The number of carbonyl (C=O) groups is 4. The molecule has 254 valence electrons. The molecule has 7 rings (SSSR count). The van der Waals surface area contributed by atoms with Gasteiger partial charge in [-0.25, -0.2) is 14.4 Å². The minimum atomic E-state index is -1.05. The highest BCUT2D eigenvalue weighted by Crippen LogP contribution is 2.44. The number of hydrogen-bond donors (Lipinski definition) is 2. The van der Waals surface area contributed by atoms with Crippen molar-refractivity contribution in [3.8, 4) is 11.1 Å². The molecule has 0 spiro atoms. The standard InChI is InChI=1S/C42H34N2O7/c45-39(28-10-2-1-3-11-28)26-50-40(46)29-20-18-27(19-21-29)24-49-41(47)38(22-30-23-43-37-17-9-8-12-31(30)37)44-42(48)51-25-36-34-15-6-4-13-32(34)33-14-5-7-16-35(33)36/h1-21,23,36,38,43H,22,24-26H2,(H,44,48)/t38-/m0/s1. The molecule has 1 heterocycles. The lowest BCUT2D eigenvalue weighted by Gasteiger charge is -2.19. The summed E-state index contributed by atoms with van der Waals surface area (Å²) >= 11 is 0. The normalized spacial score (nSPS) is 12.4. The van der Waals surface area contributed by atoms with Crippen LogP contribution in [0.1, 0.15) is 48.9 Å². The second-order valence-electron chi connectivity index (χ2n) is 12.3. The van der Waals surface area contributed by atoms with Crippen molar-refractivity contribution in [3.63, 3.8) is 0 Å². The van der Waals surface area contributed by atoms with Gasteiger partial charge in [0.05, 0.1) is 5.56 Å². The van der Waals surface area contributed by atoms with Crippen LogP contribution in [0, 0.1) is 0 Å². The molecule has 0 radical (unpaired) electrons. The van der Waals surface area contributed by atoms with Gasteiger partial charge in [-0.2, -0.15) is 0 Å². The van der Waals surface area contributed by atoms with Crippen molar-refractivity contribution >= 4 is 34.7 Å². The fraction of sp³-hybridized carbons (Fsp3) is 0.143. The van der Waals surface area contributed by atoms with Gasteiger partial charge in [-0.3, -0.25) is 4.79 Å². The zero-order valence-electron chi connectivity index (χ0n) is 27.5. The number of aromatic amines is 1. The molecule has 9 heteroatoms. The SMILES string of the molecule is O=C(N[C@@H](Cc1c[nH]c2ccccc12)C(=O)OCc1ccc(C(=O)OCC(=O)c2ccccc2)cc1)OCC1c2ccccc2-c2ccccc21. The van der Waals surface area contributed by atoms with E-state index in [2.05, 4.69) is 22.4 Å². The van der Waals surface area contributed by atoms with Gasteiger partial charge in [-0.15, -0.1) is 0 Å². The van der Waals surface area contributed by atoms with Crippen molar-refractivity contribution in [2.75, 3.05) is 13.2 Å². The minimum absolute atomic E-state index is 0.0998. The number of fused-ring (bicyclic) bond motifs is 4. The van der Waals surface area contributed by atoms with Crippen LogP contribution in [0.5, 0.6) is 0 Å². The summed E-state index contributed by atoms with van der Waals surface area (Å²) in [5.74, 6) is -1.72. The van der Waals surface area contributed by atoms with Crippen LogP contribution in [-0.2, 0) is 32.0 Å². The van der Waals surface area contributed by atoms with Crippen molar-refractivity contribution in [3.05, 3.63) is 167 Å². The van der Waals surface area contributed by atoms with Gasteiger partial charge >= 0.3 is 18.0 Å². The van der Waals surface area contributed by atoms with E-state index < -0.39 is 24.1 Å². The molecule has 6 aromatic rings. The third kappa shape index (κ3) is 7.43. The summed E-state index contributed by atoms with van der Waals surface area (Å²) < 4.78 is 16.6. The van der Waals surface area contributed by atoms with Crippen molar-refractivity contribution in [1.82, 2.24) is 10.3 Å². The third-order valence-electron chi connectivity index (χ3n) is 9.02. The average Bonchev–Trinajstić information content (AvgIpc) is 3.73. The highest BCUT2D eigenvalue weighted by Gasteiger charge is 2.30. The third-order valence-corrected chi connectivity index (χ3v) is 9.02. The number of carbonyl (C=O) groups excluding carboxylic acids is 4. The molecule has 0 bridgehead atoms. The molecule has 9 nitrogen and oxygen atoms in total. The zero-order valence-corrected chi connectivity index (χ0v) is 27.5. The number of ether oxygens (including phenoxy) is 3. The number of alkyl carbamates (subject to hydrolysis) is 1. The minimum Gasteiger partial charge on any atom is -0.459 e. The Labute approximate surface area is 294 Å². The quantitative estimate of drug-likeness (QED) is 0.0786. The van der Waals surface area contributed by atoms with E-state index in [1.807, 2.05) is 66.9 Å². The van der Waals surface area contributed by atoms with E-state index in [1.165, 1.54) is 12.1 Å². The second kappa shape index (κ2) is 15.0. The van der Waals surface area contributed by atoms with Crippen LogP contribution in [0.25, 0.3) is 22.0 Å². The van der Waals surface area contributed by atoms with Gasteiger partial charge < -0.3 is 24.5 Å². The van der Waals surface area contributed by atoms with Gasteiger partial charge in [0.2, 0.25) is 0 Å². The number of rotatable bonds is 12. The van der Waals surface area contributed by atoms with Crippen LogP contribution in [0.15, 0.2) is 134 Å². The Bertz CT molecular complexity index is 2160. The fourth-order valence-electron chi connectivity index (χ4n) is 6.41. The summed E-state index contributed by atoms with van der Waals surface area (Å²) in [5, 5.41) is 3.68. The molecular weight excluding hydrogens is 644 g/mol. The number of H-pyrrole nitrogens is 1. The molecule has 5 aromatic carbocycles. The molecule has 1 amide bonds. The average molecular weight is 679 g/mol. The van der Waals surface area contributed by atoms with E-state index in [0.29, 0.717) is 11.1 Å². The van der Waals surface area contributed by atoms with E-state index in [9.17, 15) is 19.2 Å². The summed E-state index contributed by atoms with van der Waals surface area (Å²) in [6, 6.07) is 37.7. The van der Waals surface area contributed by atoms with Crippen LogP contribution in [0.3, 0.4) is 0 Å². The smallest absolute Gasteiger partial charge is 0.407 e. The van der Waals surface area contributed by atoms with Gasteiger partial charge in [0.15, 0.2) is 12.4 Å². The molecular formula is C42H34N2O7. The zero-order chi connectivity index (χ0) is 35.2. The maximum Gasteiger partial charge on any atom is 0.407 e. The Balaban J connectivity index is 0.990. The van der Waals surface area contributed by atoms with Gasteiger partial charge in [-0.05, 0) is 51.6 Å². The van der Waals surface area contributed by atoms with Gasteiger partial charge in [-0.1, -0.05) is 109 Å². The van der Waals surface area contributed by atoms with Crippen LogP contribution in [0.4, 0.5) is 4.79 Å². The molecule has 0 fully saturated rings. The molecule has 2 N–H and O–H groups in total. The molecule has 0 saturated carbocycles. The Kier molecular flexibility index (Phi) is 9.69. The molecule has 51 heavy (non-hydrogen) atoms. The lowest BCUT2D eigenvalue weighted by molar-refractivity contribution is -0.147. The van der Waals surface area contributed by atoms with E-state index >= 15 is 0 Å². The second-order valence-corrected chi connectivity index (χ2v) is 12.3. The number of ketones is 1. The summed E-state index contributed by atoms with van der Waals surface area (Å²) in [4.78, 5) is 54.8. The molecule has 0 saturated heterocycles. The van der Waals surface area contributed by atoms with Crippen LogP contribution in [0.2, 0.25) is 0 Å². The van der Waals surface area contributed by atoms with Gasteiger partial charge in [0.25, 0.3) is 0 Å². The van der Waals surface area contributed by atoms with Crippen molar-refractivity contribution in [2.24, 2.45) is 0 Å². The van der Waals surface area contributed by atoms with Crippen molar-refractivity contribution in [1.29, 1.82) is 0 Å². The van der Waals surface area contributed by atoms with Crippen molar-refractivity contribution < 1.29 is 33.4 Å². The summed E-state index contributed by atoms with van der Waals surface area (Å²) in [6.07, 6.45) is 1.25. The summed E-state index contributed by atoms with van der Waals surface area (Å²) in [6.45, 7) is -0.377. The predicted molar refractivity (Wildman–Crippen MR) is 191 cm³/mol. The largest absolute Gasteiger partial charge is 0.459 e. The maximum absolute atomic E-state index is 13.5. The molecule has 1 aromatic heterocycles. The number of benzene rings is 5. The summed E-state index contributed by atoms with van der Waals surface area (Å²) in [5.41, 5.74) is 7.47. The van der Waals surface area contributed by atoms with E-state index in [-0.39, 0.29) is 43.5 Å². The number of esters is 2. The Morgan fingerprint density at radius 1 is 0.667 bits per heavy atom. The Hall–Kier alpha value is -6.48. The number of hydrogen-bond acceptors (Lipinski definition) is 7. The number of para-hydroxylation sites is 1. The van der Waals surface area contributed by atoms with Crippen LogP contribution in [-0.4, -0.2) is 48.1 Å². The molecule has 1 aliphatic rings. The van der Waals surface area contributed by atoms with Crippen LogP contribution >= 0.6 is 0 Å². The predicted octanol–water partition coefficient (Wildman–Crippen LogP) is 7.40. The number of nitrogens with one attached hydrogen (secondary N) is 2. The number of amides is 1. The topological polar surface area (TPSA) is 124 Å². The molecule has 1 aliphatic carbocycles. The maximum atomic E-state index is 13.5. The Morgan fingerprint density at radius 2 is 1.31 bits per heavy atom. The monoisotopic (exact) mass is 678 g/mol. The van der Waals surface area contributed by atoms with E-state index in [4.69, 9.17) is 14.2 Å². The first-order chi connectivity index (χ1) is 24.9. The molecule has 1 atom stereocenters. The highest BCUT2D eigenvalue weighted by molar-refractivity contribution is 5.99. The lowest BCUT2D eigenvalue weighted by atomic mass is 9.98. The Morgan fingerprint density at radius 3 is 2.04 bits per heavy atom. The van der Waals surface area contributed by atoms with E-state index in [1.54, 1.807) is 42.5 Å². The first kappa shape index (κ1) is 33.0. The lowest BCUT2D eigenvalue weighted by Crippen LogP contribution is -2.43. The van der Waals surface area contributed by atoms with Gasteiger partial charge in [0, 0.05) is 35.0 Å². The molecule has 0 aliphatic heterocycles. The first-order valence-electron chi connectivity index (χ1n) is 16.6. The highest BCUT2D eigenvalue weighted by atomic mass is 16.6. The number of aromatic nitrogens is 1. The van der Waals surface area contributed by atoms with Crippen LogP contribution < -0.4 is 5.32 Å².